The zero-order valence-electron chi connectivity index (χ0n) is 7.40. The molecule has 2 rings (SSSR count). The van der Waals surface area contributed by atoms with Crippen molar-refractivity contribution >= 4 is 11.7 Å². The van der Waals surface area contributed by atoms with Gasteiger partial charge in [-0.05, 0) is 31.6 Å². The van der Waals surface area contributed by atoms with Crippen LogP contribution in [0, 0.1) is 11.8 Å². The van der Waals surface area contributed by atoms with Crippen molar-refractivity contribution in [3.8, 4) is 0 Å². The molecule has 4 nitrogen and oxygen atoms in total. The van der Waals surface area contributed by atoms with Crippen LogP contribution in [-0.2, 0) is 9.63 Å². The number of carboxylic acid groups (broad SMARTS) is 1. The van der Waals surface area contributed by atoms with Crippen LogP contribution in [0.4, 0.5) is 0 Å². The number of hydrogen-bond donors (Lipinski definition) is 1. The van der Waals surface area contributed by atoms with Crippen molar-refractivity contribution in [3.05, 3.63) is 0 Å². The van der Waals surface area contributed by atoms with Crippen LogP contribution in [0.2, 0.25) is 0 Å². The van der Waals surface area contributed by atoms with Gasteiger partial charge in [0.05, 0.1) is 5.71 Å². The number of oxime groups is 1. The molecule has 2 aliphatic rings. The van der Waals surface area contributed by atoms with Gasteiger partial charge in [0.25, 0.3) is 0 Å². The molecule has 2 atom stereocenters. The third-order valence-electron chi connectivity index (χ3n) is 2.73. The van der Waals surface area contributed by atoms with E-state index in [4.69, 9.17) is 9.94 Å². The van der Waals surface area contributed by atoms with Gasteiger partial charge in [-0.15, -0.1) is 0 Å². The first-order valence-corrected chi connectivity index (χ1v) is 4.68. The molecule has 2 fully saturated rings. The molecule has 2 aliphatic carbocycles. The monoisotopic (exact) mass is 183 g/mol. The van der Waals surface area contributed by atoms with Gasteiger partial charge in [-0.2, -0.15) is 0 Å². The fraction of sp³-hybridized carbons (Fsp3) is 0.778. The van der Waals surface area contributed by atoms with Crippen LogP contribution in [0.25, 0.3) is 0 Å². The van der Waals surface area contributed by atoms with Gasteiger partial charge in [0.15, 0.2) is 0 Å². The van der Waals surface area contributed by atoms with Crippen LogP contribution in [0.5, 0.6) is 0 Å². The maximum Gasteiger partial charge on any atom is 0.344 e. The molecular weight excluding hydrogens is 170 g/mol. The van der Waals surface area contributed by atoms with Crippen LogP contribution in [0.1, 0.15) is 25.7 Å². The fourth-order valence-electron chi connectivity index (χ4n) is 1.99. The highest BCUT2D eigenvalue weighted by Gasteiger charge is 2.43. The summed E-state index contributed by atoms with van der Waals surface area (Å²) in [6, 6.07) is 0. The number of rotatable bonds is 3. The van der Waals surface area contributed by atoms with Gasteiger partial charge in [-0.25, -0.2) is 4.79 Å². The Morgan fingerprint density at radius 2 is 2.54 bits per heavy atom. The average molecular weight is 183 g/mol. The Kier molecular flexibility index (Phi) is 2.20. The lowest BCUT2D eigenvalue weighted by Gasteiger charge is -2.10. The SMILES string of the molecule is O=C(O)CO/N=C1/CCCC2CC12. The summed E-state index contributed by atoms with van der Waals surface area (Å²) in [5.74, 6) is 0.468. The van der Waals surface area contributed by atoms with E-state index in [-0.39, 0.29) is 6.61 Å². The second-order valence-electron chi connectivity index (χ2n) is 3.74. The van der Waals surface area contributed by atoms with Gasteiger partial charge in [-0.3, -0.25) is 0 Å². The second kappa shape index (κ2) is 3.36. The second-order valence-corrected chi connectivity index (χ2v) is 3.74. The zero-order valence-corrected chi connectivity index (χ0v) is 7.40. The Morgan fingerprint density at radius 1 is 1.69 bits per heavy atom. The third-order valence-corrected chi connectivity index (χ3v) is 2.73. The first kappa shape index (κ1) is 8.53. The van der Waals surface area contributed by atoms with Crippen molar-refractivity contribution < 1.29 is 14.7 Å². The molecule has 1 N–H and O–H groups in total. The van der Waals surface area contributed by atoms with Gasteiger partial charge in [0, 0.05) is 5.92 Å². The molecule has 2 saturated carbocycles. The van der Waals surface area contributed by atoms with E-state index in [9.17, 15) is 4.79 Å². The van der Waals surface area contributed by atoms with E-state index in [1.54, 1.807) is 0 Å². The fourth-order valence-corrected chi connectivity index (χ4v) is 1.99. The van der Waals surface area contributed by atoms with Gasteiger partial charge < -0.3 is 9.94 Å². The molecule has 13 heavy (non-hydrogen) atoms. The van der Waals surface area contributed by atoms with Crippen LogP contribution in [0.3, 0.4) is 0 Å². The van der Waals surface area contributed by atoms with Crippen molar-refractivity contribution in [2.75, 3.05) is 6.61 Å². The minimum atomic E-state index is -0.965. The molecular formula is C9H13NO3. The van der Waals surface area contributed by atoms with E-state index in [2.05, 4.69) is 5.16 Å². The van der Waals surface area contributed by atoms with Crippen LogP contribution in [-0.4, -0.2) is 23.4 Å². The molecule has 4 heteroatoms. The summed E-state index contributed by atoms with van der Waals surface area (Å²) in [6.07, 6.45) is 4.70. The Bertz CT molecular complexity index is 249. The maximum atomic E-state index is 10.1. The van der Waals surface area contributed by atoms with Crippen molar-refractivity contribution in [1.29, 1.82) is 0 Å². The Balaban J connectivity index is 1.82. The van der Waals surface area contributed by atoms with E-state index in [1.165, 1.54) is 19.3 Å². The molecule has 0 radical (unpaired) electrons. The van der Waals surface area contributed by atoms with Gasteiger partial charge in [0.2, 0.25) is 6.61 Å². The molecule has 0 saturated heterocycles. The Hall–Kier alpha value is -1.06. The highest BCUT2D eigenvalue weighted by atomic mass is 16.6. The summed E-state index contributed by atoms with van der Waals surface area (Å²) in [6.45, 7) is -0.319. The zero-order chi connectivity index (χ0) is 9.26. The molecule has 0 aromatic rings. The minimum absolute atomic E-state index is 0.319. The van der Waals surface area contributed by atoms with Crippen molar-refractivity contribution in [1.82, 2.24) is 0 Å². The van der Waals surface area contributed by atoms with E-state index in [0.717, 1.165) is 18.1 Å². The summed E-state index contributed by atoms with van der Waals surface area (Å²) < 4.78 is 0. The predicted molar refractivity (Wildman–Crippen MR) is 46.5 cm³/mol. The molecule has 0 aromatic carbocycles. The Morgan fingerprint density at radius 3 is 3.31 bits per heavy atom. The van der Waals surface area contributed by atoms with E-state index < -0.39 is 5.97 Å². The first-order valence-electron chi connectivity index (χ1n) is 4.68. The van der Waals surface area contributed by atoms with Crippen molar-refractivity contribution in [3.63, 3.8) is 0 Å². The lowest BCUT2D eigenvalue weighted by Crippen LogP contribution is -2.11. The molecule has 0 bridgehead atoms. The maximum absolute atomic E-state index is 10.1. The number of carbonyl (C=O) groups is 1. The van der Waals surface area contributed by atoms with E-state index >= 15 is 0 Å². The number of aliphatic carboxylic acids is 1. The first-order chi connectivity index (χ1) is 6.27. The lowest BCUT2D eigenvalue weighted by molar-refractivity contribution is -0.142. The average Bonchev–Trinajstić information content (AvgIpc) is 2.82. The Labute approximate surface area is 76.6 Å². The summed E-state index contributed by atoms with van der Waals surface area (Å²) in [5.41, 5.74) is 1.08. The number of fused-ring (bicyclic) bond motifs is 1. The normalized spacial score (nSPS) is 34.0. The van der Waals surface area contributed by atoms with Crippen LogP contribution >= 0.6 is 0 Å². The molecule has 0 spiro atoms. The smallest absolute Gasteiger partial charge is 0.344 e. The van der Waals surface area contributed by atoms with Gasteiger partial charge in [-0.1, -0.05) is 5.16 Å². The van der Waals surface area contributed by atoms with Gasteiger partial charge in [0.1, 0.15) is 0 Å². The molecule has 0 heterocycles. The van der Waals surface area contributed by atoms with Crippen LogP contribution in [0.15, 0.2) is 5.16 Å². The topological polar surface area (TPSA) is 58.9 Å². The number of carboxylic acids is 1. The molecule has 0 aromatic heterocycles. The quantitative estimate of drug-likeness (QED) is 0.670. The number of nitrogens with zero attached hydrogens (tertiary/aromatic N) is 1. The van der Waals surface area contributed by atoms with Gasteiger partial charge >= 0.3 is 5.97 Å². The van der Waals surface area contributed by atoms with E-state index in [1.807, 2.05) is 0 Å². The van der Waals surface area contributed by atoms with Crippen molar-refractivity contribution in [2.45, 2.75) is 25.7 Å². The largest absolute Gasteiger partial charge is 0.479 e. The molecule has 72 valence electrons. The van der Waals surface area contributed by atoms with Crippen molar-refractivity contribution in [2.24, 2.45) is 17.0 Å². The summed E-state index contributed by atoms with van der Waals surface area (Å²) in [4.78, 5) is 14.9. The summed E-state index contributed by atoms with van der Waals surface area (Å²) in [5, 5.41) is 12.2. The highest BCUT2D eigenvalue weighted by molar-refractivity contribution is 5.89. The molecule has 0 amide bonds. The number of hydrogen-bond acceptors (Lipinski definition) is 3. The summed E-state index contributed by atoms with van der Waals surface area (Å²) >= 11 is 0. The highest BCUT2D eigenvalue weighted by Crippen LogP contribution is 2.47. The molecule has 2 unspecified atom stereocenters. The standard InChI is InChI=1S/C9H13NO3/c11-9(12)5-13-10-8-3-1-2-6-4-7(6)8/h6-7H,1-5H2,(H,11,12)/b10-8-. The van der Waals surface area contributed by atoms with Crippen LogP contribution < -0.4 is 0 Å². The third kappa shape index (κ3) is 1.99. The predicted octanol–water partition coefficient (Wildman–Crippen LogP) is 1.26. The lowest BCUT2D eigenvalue weighted by atomic mass is 9.99. The van der Waals surface area contributed by atoms with E-state index in [0.29, 0.717) is 5.92 Å². The minimum Gasteiger partial charge on any atom is -0.479 e. The molecule has 0 aliphatic heterocycles. The summed E-state index contributed by atoms with van der Waals surface area (Å²) in [7, 11) is 0.